The van der Waals surface area contributed by atoms with E-state index in [1.807, 2.05) is 0 Å². The first kappa shape index (κ1) is 28.8. The summed E-state index contributed by atoms with van der Waals surface area (Å²) in [6.45, 7) is 0. The highest BCUT2D eigenvalue weighted by Crippen LogP contribution is 2.42. The third-order valence-corrected chi connectivity index (χ3v) is 8.41. The van der Waals surface area contributed by atoms with Crippen LogP contribution in [-0.4, -0.2) is 40.4 Å². The molecule has 0 atom stereocenters. The fraction of sp³-hybridized carbons (Fsp3) is 0.0968. The van der Waals surface area contributed by atoms with Crippen molar-refractivity contribution in [2.24, 2.45) is 0 Å². The summed E-state index contributed by atoms with van der Waals surface area (Å²) in [6.07, 6.45) is 1.08. The number of hydrogen-bond acceptors (Lipinski definition) is 6. The Kier molecular flexibility index (Phi) is 7.53. The van der Waals surface area contributed by atoms with Gasteiger partial charge in [-0.2, -0.15) is 0 Å². The summed E-state index contributed by atoms with van der Waals surface area (Å²) >= 11 is 6.02. The van der Waals surface area contributed by atoms with Crippen molar-refractivity contribution in [3.05, 3.63) is 106 Å². The lowest BCUT2D eigenvalue weighted by molar-refractivity contribution is 0.0964. The van der Waals surface area contributed by atoms with Crippen molar-refractivity contribution in [1.29, 1.82) is 5.41 Å². The molecule has 8 nitrogen and oxygen atoms in total. The van der Waals surface area contributed by atoms with Crippen LogP contribution >= 0.6 is 11.6 Å². The van der Waals surface area contributed by atoms with Gasteiger partial charge >= 0.3 is 0 Å². The third kappa shape index (κ3) is 5.34. The number of fused-ring (bicyclic) bond motifs is 1. The molecule has 0 spiro atoms. The number of carbonyl (C=O) groups excluding carboxylic acids is 1. The molecule has 0 aliphatic carbocycles. The first-order valence-electron chi connectivity index (χ1n) is 12.7. The topological polar surface area (TPSA) is 129 Å². The van der Waals surface area contributed by atoms with Crippen molar-refractivity contribution < 1.29 is 22.0 Å². The lowest BCUT2D eigenvalue weighted by Gasteiger charge is -2.21. The van der Waals surface area contributed by atoms with Crippen LogP contribution in [-0.2, 0) is 10.0 Å². The lowest BCUT2D eigenvalue weighted by Crippen LogP contribution is -2.25. The maximum atomic E-state index is 13.7. The molecule has 0 aliphatic rings. The van der Waals surface area contributed by atoms with Crippen LogP contribution in [0.25, 0.3) is 33.4 Å². The number of rotatable bonds is 7. The number of amides is 1. The molecule has 1 heterocycles. The summed E-state index contributed by atoms with van der Waals surface area (Å²) in [5, 5.41) is 12.4. The minimum atomic E-state index is -3.73. The molecule has 5 aromatic rings. The molecular formula is C31H26ClFN4O4S. The van der Waals surface area contributed by atoms with Gasteiger partial charge in [-0.25, -0.2) is 12.8 Å². The fourth-order valence-corrected chi connectivity index (χ4v) is 5.30. The molecule has 4 N–H and O–H groups in total. The van der Waals surface area contributed by atoms with Crippen LogP contribution in [0.15, 0.2) is 83.3 Å². The van der Waals surface area contributed by atoms with Gasteiger partial charge in [0.1, 0.15) is 17.2 Å². The van der Waals surface area contributed by atoms with Gasteiger partial charge in [-0.05, 0) is 60.2 Å². The van der Waals surface area contributed by atoms with E-state index in [-0.39, 0.29) is 28.3 Å². The summed E-state index contributed by atoms with van der Waals surface area (Å²) in [6, 6.07) is 20.6. The molecule has 5 rings (SSSR count). The van der Waals surface area contributed by atoms with Crippen molar-refractivity contribution in [2.75, 3.05) is 30.4 Å². The van der Waals surface area contributed by atoms with E-state index in [0.29, 0.717) is 43.9 Å². The molecule has 1 aromatic heterocycles. The second-order valence-electron chi connectivity index (χ2n) is 9.67. The Hall–Kier alpha value is -4.67. The minimum Gasteiger partial charge on any atom is -0.455 e. The molecule has 0 aliphatic heterocycles. The standard InChI is InChI=1S/C31H26ClFN4O4S/c1-36-31(38)28-24-15-22(19-8-13-25(34)23(14-19)29(35)17-4-9-20(32)10-5-17)26(37(2)42(3,39)40)16-27(24)41-30(28)18-6-11-21(33)12-7-18/h4-16,35H,34H2,1-3H3,(H,36,38). The minimum absolute atomic E-state index is 0.151. The molecule has 214 valence electrons. The Balaban J connectivity index is 1.78. The van der Waals surface area contributed by atoms with Crippen molar-refractivity contribution in [3.8, 4) is 22.5 Å². The number of nitrogens with two attached hydrogens (primary N) is 1. The van der Waals surface area contributed by atoms with E-state index in [0.717, 1.165) is 10.6 Å². The monoisotopic (exact) mass is 604 g/mol. The second kappa shape index (κ2) is 11.0. The second-order valence-corrected chi connectivity index (χ2v) is 12.1. The highest BCUT2D eigenvalue weighted by Gasteiger charge is 2.26. The third-order valence-electron chi connectivity index (χ3n) is 6.97. The fourth-order valence-electron chi connectivity index (χ4n) is 4.67. The zero-order chi connectivity index (χ0) is 30.3. The molecule has 1 amide bonds. The molecule has 42 heavy (non-hydrogen) atoms. The molecule has 0 radical (unpaired) electrons. The number of hydrogen-bond donors (Lipinski definition) is 3. The number of halogens is 2. The van der Waals surface area contributed by atoms with Crippen LogP contribution < -0.4 is 15.4 Å². The number of sulfonamides is 1. The van der Waals surface area contributed by atoms with Gasteiger partial charge in [0.05, 0.1) is 23.2 Å². The smallest absolute Gasteiger partial charge is 0.255 e. The number of nitrogens with zero attached hydrogens (tertiary/aromatic N) is 1. The van der Waals surface area contributed by atoms with E-state index in [9.17, 15) is 17.6 Å². The Bertz CT molecular complexity index is 1970. The van der Waals surface area contributed by atoms with Crippen molar-refractivity contribution in [2.45, 2.75) is 0 Å². The van der Waals surface area contributed by atoms with Crippen molar-refractivity contribution in [3.63, 3.8) is 0 Å². The molecule has 0 bridgehead atoms. The van der Waals surface area contributed by atoms with Crippen LogP contribution in [0.4, 0.5) is 15.8 Å². The van der Waals surface area contributed by atoms with Gasteiger partial charge in [-0.15, -0.1) is 0 Å². The normalized spacial score (nSPS) is 11.5. The summed E-state index contributed by atoms with van der Waals surface area (Å²) < 4.78 is 46.3. The quantitative estimate of drug-likeness (QED) is 0.148. The van der Waals surface area contributed by atoms with E-state index < -0.39 is 21.7 Å². The Morgan fingerprint density at radius 1 is 1.00 bits per heavy atom. The first-order valence-corrected chi connectivity index (χ1v) is 14.9. The van der Waals surface area contributed by atoms with Crippen LogP contribution in [0.3, 0.4) is 0 Å². The van der Waals surface area contributed by atoms with E-state index >= 15 is 0 Å². The molecule has 11 heteroatoms. The van der Waals surface area contributed by atoms with E-state index in [1.165, 1.54) is 38.4 Å². The van der Waals surface area contributed by atoms with Gasteiger partial charge in [0.25, 0.3) is 5.91 Å². The summed E-state index contributed by atoms with van der Waals surface area (Å²) in [5.74, 6) is -0.679. The number of benzene rings is 4. The van der Waals surface area contributed by atoms with Crippen LogP contribution in [0.2, 0.25) is 5.02 Å². The van der Waals surface area contributed by atoms with Crippen LogP contribution in [0.5, 0.6) is 0 Å². The largest absolute Gasteiger partial charge is 0.455 e. The zero-order valence-corrected chi connectivity index (χ0v) is 24.4. The van der Waals surface area contributed by atoms with Gasteiger partial charge in [-0.3, -0.25) is 14.5 Å². The van der Waals surface area contributed by atoms with Gasteiger partial charge in [0, 0.05) is 58.5 Å². The number of carbonyl (C=O) groups is 1. The molecule has 0 unspecified atom stereocenters. The highest BCUT2D eigenvalue weighted by molar-refractivity contribution is 7.92. The van der Waals surface area contributed by atoms with Crippen LogP contribution in [0.1, 0.15) is 21.5 Å². The zero-order valence-electron chi connectivity index (χ0n) is 22.8. The SMILES string of the molecule is CNC(=O)c1c(-c2ccc(F)cc2)oc2cc(N(C)S(C)(=O)=O)c(-c3ccc(N)c(C(=N)c4ccc(Cl)cc4)c3)cc12. The first-order chi connectivity index (χ1) is 19.9. The average Bonchev–Trinajstić information content (AvgIpc) is 3.34. The van der Waals surface area contributed by atoms with Gasteiger partial charge < -0.3 is 15.5 Å². The highest BCUT2D eigenvalue weighted by atomic mass is 35.5. The molecule has 0 saturated heterocycles. The average molecular weight is 605 g/mol. The maximum Gasteiger partial charge on any atom is 0.255 e. The number of nitrogens with one attached hydrogen (secondary N) is 2. The summed E-state index contributed by atoms with van der Waals surface area (Å²) in [4.78, 5) is 13.1. The van der Waals surface area contributed by atoms with E-state index in [2.05, 4.69) is 5.32 Å². The number of anilines is 2. The summed E-state index contributed by atoms with van der Waals surface area (Å²) in [5.41, 5.74) is 10.0. The van der Waals surface area contributed by atoms with Crippen molar-refractivity contribution >= 4 is 55.6 Å². The van der Waals surface area contributed by atoms with E-state index in [1.54, 1.807) is 54.6 Å². The lowest BCUT2D eigenvalue weighted by atomic mass is 9.94. The maximum absolute atomic E-state index is 13.7. The predicted molar refractivity (Wildman–Crippen MR) is 165 cm³/mol. The Labute approximate surface area is 247 Å². The molecule has 4 aromatic carbocycles. The number of nitrogen functional groups attached to an aromatic ring is 1. The van der Waals surface area contributed by atoms with Crippen LogP contribution in [0, 0.1) is 11.2 Å². The van der Waals surface area contributed by atoms with Gasteiger partial charge in [0.2, 0.25) is 10.0 Å². The molecule has 0 fully saturated rings. The van der Waals surface area contributed by atoms with Crippen molar-refractivity contribution in [1.82, 2.24) is 5.32 Å². The Morgan fingerprint density at radius 3 is 2.26 bits per heavy atom. The number of furan rings is 1. The van der Waals surface area contributed by atoms with E-state index in [4.69, 9.17) is 27.2 Å². The Morgan fingerprint density at radius 2 is 1.64 bits per heavy atom. The van der Waals surface area contributed by atoms with Gasteiger partial charge in [0.15, 0.2) is 0 Å². The summed E-state index contributed by atoms with van der Waals surface area (Å²) in [7, 11) is -0.829. The molecule has 0 saturated carbocycles. The van der Waals surface area contributed by atoms with Gasteiger partial charge in [-0.1, -0.05) is 29.8 Å². The molecular weight excluding hydrogens is 579 g/mol. The predicted octanol–water partition coefficient (Wildman–Crippen LogP) is 6.31.